The van der Waals surface area contributed by atoms with Crippen LogP contribution in [0.2, 0.25) is 0 Å². The Bertz CT molecular complexity index is 215. The fourth-order valence-electron chi connectivity index (χ4n) is 3.22. The van der Waals surface area contributed by atoms with Crippen molar-refractivity contribution in [2.75, 3.05) is 39.0 Å². The van der Waals surface area contributed by atoms with Crippen LogP contribution in [-0.4, -0.2) is 54.8 Å². The summed E-state index contributed by atoms with van der Waals surface area (Å²) in [5.74, 6) is 1.06. The van der Waals surface area contributed by atoms with E-state index in [1.165, 1.54) is 84.0 Å². The summed E-state index contributed by atoms with van der Waals surface area (Å²) in [4.78, 5) is 5.20. The first-order chi connectivity index (χ1) is 9.77. The van der Waals surface area contributed by atoms with E-state index in [1.54, 1.807) is 0 Å². The van der Waals surface area contributed by atoms with Crippen LogP contribution in [0.5, 0.6) is 0 Å². The van der Waals surface area contributed by atoms with Crippen molar-refractivity contribution in [2.24, 2.45) is 0 Å². The topological polar surface area (TPSA) is 6.48 Å². The predicted molar refractivity (Wildman–Crippen MR) is 93.9 cm³/mol. The average molecular weight is 301 g/mol. The lowest BCUT2D eigenvalue weighted by Gasteiger charge is -2.36. The van der Waals surface area contributed by atoms with Gasteiger partial charge in [0, 0.05) is 6.04 Å². The van der Waals surface area contributed by atoms with Crippen molar-refractivity contribution in [1.82, 2.24) is 9.80 Å². The number of thiol groups is 1. The van der Waals surface area contributed by atoms with Crippen molar-refractivity contribution in [3.05, 3.63) is 0 Å². The van der Waals surface area contributed by atoms with Crippen molar-refractivity contribution >= 4 is 12.6 Å². The molecule has 0 aromatic rings. The van der Waals surface area contributed by atoms with Gasteiger partial charge in [-0.05, 0) is 64.7 Å². The van der Waals surface area contributed by atoms with E-state index >= 15 is 0 Å². The lowest BCUT2D eigenvalue weighted by atomic mass is 10.0. The molecule has 1 rings (SSSR count). The van der Waals surface area contributed by atoms with Gasteiger partial charge in [0.1, 0.15) is 0 Å². The number of nitrogens with zero attached hydrogens (tertiary/aromatic N) is 2. The molecule has 0 unspecified atom stereocenters. The van der Waals surface area contributed by atoms with E-state index in [0.29, 0.717) is 0 Å². The van der Waals surface area contributed by atoms with E-state index in [9.17, 15) is 0 Å². The summed E-state index contributed by atoms with van der Waals surface area (Å²) in [5.41, 5.74) is 0. The molecule has 20 heavy (non-hydrogen) atoms. The van der Waals surface area contributed by atoms with Crippen LogP contribution < -0.4 is 0 Å². The van der Waals surface area contributed by atoms with Gasteiger partial charge >= 0.3 is 0 Å². The van der Waals surface area contributed by atoms with Gasteiger partial charge in [-0.2, -0.15) is 12.6 Å². The van der Waals surface area contributed by atoms with Crippen LogP contribution in [0, 0.1) is 0 Å². The second-order valence-corrected chi connectivity index (χ2v) is 6.79. The molecule has 3 heteroatoms. The molecule has 1 aliphatic heterocycles. The lowest BCUT2D eigenvalue weighted by molar-refractivity contribution is 0.130. The normalized spacial score (nSPS) is 18.0. The Kier molecular flexibility index (Phi) is 10.9. The fraction of sp³-hybridized carbons (Fsp3) is 1.00. The summed E-state index contributed by atoms with van der Waals surface area (Å²) in [7, 11) is 2.33. The molecule has 1 aliphatic rings. The summed E-state index contributed by atoms with van der Waals surface area (Å²) in [5, 5.41) is 0. The second-order valence-electron chi connectivity index (χ2n) is 6.34. The van der Waals surface area contributed by atoms with Gasteiger partial charge in [0.05, 0.1) is 0 Å². The number of rotatable bonds is 11. The maximum Gasteiger partial charge on any atom is 0.0117 e. The zero-order valence-electron chi connectivity index (χ0n) is 13.8. The van der Waals surface area contributed by atoms with Crippen molar-refractivity contribution in [2.45, 2.75) is 70.8 Å². The number of hydrogen-bond donors (Lipinski definition) is 1. The third-order valence-electron chi connectivity index (χ3n) is 4.80. The van der Waals surface area contributed by atoms with Crippen LogP contribution in [0.25, 0.3) is 0 Å². The summed E-state index contributed by atoms with van der Waals surface area (Å²) in [6.07, 6.45) is 12.5. The van der Waals surface area contributed by atoms with Crippen LogP contribution in [0.15, 0.2) is 0 Å². The maximum absolute atomic E-state index is 4.26. The van der Waals surface area contributed by atoms with Crippen LogP contribution in [0.1, 0.15) is 64.7 Å². The van der Waals surface area contributed by atoms with E-state index in [-0.39, 0.29) is 0 Å². The molecule has 120 valence electrons. The molecule has 0 N–H and O–H groups in total. The first-order valence-electron chi connectivity index (χ1n) is 8.81. The van der Waals surface area contributed by atoms with E-state index in [1.807, 2.05) is 0 Å². The van der Waals surface area contributed by atoms with Gasteiger partial charge in [0.25, 0.3) is 0 Å². The van der Waals surface area contributed by atoms with Gasteiger partial charge in [-0.1, -0.05) is 39.0 Å². The van der Waals surface area contributed by atoms with E-state index in [4.69, 9.17) is 0 Å². The SMILES string of the molecule is CCN1CCC(N(C)CCCCCCCCCS)CC1. The maximum atomic E-state index is 4.26. The van der Waals surface area contributed by atoms with Gasteiger partial charge < -0.3 is 9.80 Å². The minimum Gasteiger partial charge on any atom is -0.303 e. The fourth-order valence-corrected chi connectivity index (χ4v) is 3.44. The Balaban J connectivity index is 1.94. The summed E-state index contributed by atoms with van der Waals surface area (Å²) in [6.45, 7) is 7.41. The third kappa shape index (κ3) is 7.90. The first-order valence-corrected chi connectivity index (χ1v) is 9.44. The zero-order valence-corrected chi connectivity index (χ0v) is 14.7. The van der Waals surface area contributed by atoms with Gasteiger partial charge in [-0.15, -0.1) is 0 Å². The van der Waals surface area contributed by atoms with Gasteiger partial charge in [0.15, 0.2) is 0 Å². The number of likely N-dealkylation sites (tertiary alicyclic amines) is 1. The van der Waals surface area contributed by atoms with E-state index in [0.717, 1.165) is 11.8 Å². The van der Waals surface area contributed by atoms with Crippen molar-refractivity contribution in [3.8, 4) is 0 Å². The molecule has 1 heterocycles. The van der Waals surface area contributed by atoms with E-state index < -0.39 is 0 Å². The monoisotopic (exact) mass is 300 g/mol. The molecule has 0 aromatic heterocycles. The smallest absolute Gasteiger partial charge is 0.0117 e. The van der Waals surface area contributed by atoms with Crippen molar-refractivity contribution in [3.63, 3.8) is 0 Å². The van der Waals surface area contributed by atoms with Crippen LogP contribution in [0.4, 0.5) is 0 Å². The van der Waals surface area contributed by atoms with Crippen molar-refractivity contribution in [1.29, 1.82) is 0 Å². The molecule has 1 fully saturated rings. The highest BCUT2D eigenvalue weighted by molar-refractivity contribution is 7.80. The Hall–Kier alpha value is 0.270. The van der Waals surface area contributed by atoms with Gasteiger partial charge in [-0.25, -0.2) is 0 Å². The Labute approximate surface area is 132 Å². The molecule has 2 nitrogen and oxygen atoms in total. The van der Waals surface area contributed by atoms with Gasteiger partial charge in [-0.3, -0.25) is 0 Å². The Morgan fingerprint density at radius 2 is 1.50 bits per heavy atom. The molecule has 0 atom stereocenters. The highest BCUT2D eigenvalue weighted by atomic mass is 32.1. The minimum atomic E-state index is 0.841. The molecule has 0 aliphatic carbocycles. The van der Waals surface area contributed by atoms with E-state index in [2.05, 4.69) is 36.4 Å². The Morgan fingerprint density at radius 3 is 2.05 bits per heavy atom. The zero-order chi connectivity index (χ0) is 14.6. The molecule has 0 aromatic carbocycles. The first kappa shape index (κ1) is 18.3. The predicted octanol–water partition coefficient (Wildman–Crippen LogP) is 4.06. The molecular formula is C17H36N2S. The molecule has 0 bridgehead atoms. The van der Waals surface area contributed by atoms with Crippen LogP contribution in [-0.2, 0) is 0 Å². The summed E-state index contributed by atoms with van der Waals surface area (Å²) < 4.78 is 0. The quantitative estimate of drug-likeness (QED) is 0.454. The minimum absolute atomic E-state index is 0.841. The lowest BCUT2D eigenvalue weighted by Crippen LogP contribution is -2.43. The number of piperidine rings is 1. The molecule has 0 radical (unpaired) electrons. The second kappa shape index (κ2) is 11.9. The van der Waals surface area contributed by atoms with Crippen LogP contribution in [0.3, 0.4) is 0 Å². The molecule has 0 spiro atoms. The van der Waals surface area contributed by atoms with Gasteiger partial charge in [0.2, 0.25) is 0 Å². The largest absolute Gasteiger partial charge is 0.303 e. The highest BCUT2D eigenvalue weighted by Crippen LogP contribution is 2.16. The number of unbranched alkanes of at least 4 members (excludes halogenated alkanes) is 6. The van der Waals surface area contributed by atoms with Crippen LogP contribution >= 0.6 is 12.6 Å². The highest BCUT2D eigenvalue weighted by Gasteiger charge is 2.20. The third-order valence-corrected chi connectivity index (χ3v) is 5.11. The Morgan fingerprint density at radius 1 is 0.950 bits per heavy atom. The molecule has 1 saturated heterocycles. The molecule has 0 saturated carbocycles. The standard InChI is InChI=1S/C17H36N2S/c1-3-19-14-11-17(12-15-19)18(2)13-9-7-5-4-6-8-10-16-20/h17,20H,3-16H2,1-2H3. The molecule has 0 amide bonds. The summed E-state index contributed by atoms with van der Waals surface area (Å²) in [6, 6.07) is 0.841. The molecular weight excluding hydrogens is 264 g/mol. The number of hydrogen-bond acceptors (Lipinski definition) is 3. The summed E-state index contributed by atoms with van der Waals surface area (Å²) >= 11 is 4.26. The average Bonchev–Trinajstić information content (AvgIpc) is 2.50. The van der Waals surface area contributed by atoms with Crippen molar-refractivity contribution < 1.29 is 0 Å².